The van der Waals surface area contributed by atoms with Gasteiger partial charge in [-0.2, -0.15) is 6.08 Å². The number of hydrogen-bond acceptors (Lipinski definition) is 0. The predicted molar refractivity (Wildman–Crippen MR) is 124 cm³/mol. The molecule has 0 N–H and O–H groups in total. The van der Waals surface area contributed by atoms with Crippen LogP contribution in [0.3, 0.4) is 0 Å². The van der Waals surface area contributed by atoms with E-state index in [0.717, 1.165) is 17.5 Å². The predicted octanol–water partition coefficient (Wildman–Crippen LogP) is 1.99. The van der Waals surface area contributed by atoms with Gasteiger partial charge in [0.2, 0.25) is 0 Å². The standard InChI is InChI=1S/C15H13.C6H14Si.C5H5.2ClH.Zr/c1-10-3-5-14-12(7-10)9-13-8-11(2)4-6-15(13)14;1-5(2)7-6(3)4;1-2-4-5-3-1;;;/h3-9H,1-2H3;5-6H,1-4H3;1-3H,4H2;2*1H;/q-1;;-1;;;+2/p-2. The van der Waals surface area contributed by atoms with Gasteiger partial charge < -0.3 is 24.8 Å². The first kappa shape index (κ1) is 29.5. The first-order valence-corrected chi connectivity index (χ1v) is 15.5. The molecule has 0 radical (unpaired) electrons. The molecule has 0 heterocycles. The molecule has 0 aliphatic heterocycles. The number of aryl methyl sites for hydroxylation is 2. The van der Waals surface area contributed by atoms with Crippen LogP contribution in [0.5, 0.6) is 0 Å². The first-order chi connectivity index (χ1) is 13.3. The van der Waals surface area contributed by atoms with E-state index in [-0.39, 0.29) is 30.2 Å². The molecule has 160 valence electrons. The molecule has 1 aliphatic rings. The van der Waals surface area contributed by atoms with Gasteiger partial charge in [0, 0.05) is 0 Å². The van der Waals surface area contributed by atoms with Gasteiger partial charge in [-0.1, -0.05) is 35.4 Å². The van der Waals surface area contributed by atoms with Crippen molar-refractivity contribution >= 4 is 27.0 Å². The second-order valence-corrected chi connectivity index (χ2v) is 15.6. The summed E-state index contributed by atoms with van der Waals surface area (Å²) in [5, 5.41) is 5.46. The fourth-order valence-corrected chi connectivity index (χ4v) is 4.60. The van der Waals surface area contributed by atoms with Crippen molar-refractivity contribution in [2.75, 3.05) is 0 Å². The van der Waals surface area contributed by atoms with E-state index in [1.807, 2.05) is 12.2 Å². The van der Waals surface area contributed by atoms with Crippen molar-refractivity contribution in [1.82, 2.24) is 0 Å². The molecule has 1 aliphatic carbocycles. The van der Waals surface area contributed by atoms with Crippen LogP contribution in [0.1, 0.15) is 45.2 Å². The zero-order valence-corrected chi connectivity index (χ0v) is 23.9. The van der Waals surface area contributed by atoms with Crippen LogP contribution in [-0.4, -0.2) is 5.43 Å². The fourth-order valence-electron chi connectivity index (χ4n) is 3.27. The molecule has 0 fully saturated rings. The van der Waals surface area contributed by atoms with E-state index in [9.17, 15) is 0 Å². The minimum Gasteiger partial charge on any atom is -1.00 e. The maximum Gasteiger partial charge on any atom is -0.0469 e. The van der Waals surface area contributed by atoms with Crippen molar-refractivity contribution < 1.29 is 48.1 Å². The third kappa shape index (κ3) is 8.91. The van der Waals surface area contributed by atoms with Crippen molar-refractivity contribution in [2.45, 2.75) is 59.0 Å². The average molecular weight is 535 g/mol. The Morgan fingerprint density at radius 1 is 0.867 bits per heavy atom. The van der Waals surface area contributed by atoms with E-state index in [1.54, 1.807) is 23.3 Å². The molecule has 3 aromatic rings. The fraction of sp³-hybridized carbons (Fsp3) is 0.346. The number of hydrogen-bond donors (Lipinski definition) is 0. The van der Waals surface area contributed by atoms with Crippen molar-refractivity contribution in [3.63, 3.8) is 0 Å². The van der Waals surface area contributed by atoms with E-state index < -0.39 is 0 Å². The largest absolute Gasteiger partial charge is 1.00 e. The Balaban J connectivity index is 0.000000479. The monoisotopic (exact) mass is 532 g/mol. The molecule has 4 rings (SSSR count). The summed E-state index contributed by atoms with van der Waals surface area (Å²) in [6, 6.07) is 15.6. The molecule has 0 unspecified atom stereocenters. The van der Waals surface area contributed by atoms with Crippen LogP contribution in [-0.2, 0) is 23.3 Å². The summed E-state index contributed by atoms with van der Waals surface area (Å²) in [7, 11) is 0. The molecule has 0 spiro atoms. The van der Waals surface area contributed by atoms with Crippen molar-refractivity contribution in [3.05, 3.63) is 77.9 Å². The van der Waals surface area contributed by atoms with Crippen LogP contribution < -0.4 is 24.8 Å². The van der Waals surface area contributed by atoms with E-state index in [2.05, 4.69) is 96.2 Å². The van der Waals surface area contributed by atoms with E-state index >= 15 is 0 Å². The summed E-state index contributed by atoms with van der Waals surface area (Å²) in [4.78, 5) is 0. The zero-order chi connectivity index (χ0) is 20.7. The topological polar surface area (TPSA) is 0 Å². The number of halogens is 2. The van der Waals surface area contributed by atoms with Crippen LogP contribution in [0.25, 0.3) is 21.5 Å². The molecule has 4 heteroatoms. The Hall–Kier alpha value is -0.530. The van der Waals surface area contributed by atoms with Crippen LogP contribution in [0, 0.1) is 19.9 Å². The van der Waals surface area contributed by atoms with Gasteiger partial charge >= 0.3 is 67.5 Å². The van der Waals surface area contributed by atoms with E-state index in [1.165, 1.54) is 32.7 Å². The summed E-state index contributed by atoms with van der Waals surface area (Å²) in [5.74, 6) is 0. The second-order valence-electron chi connectivity index (χ2n) is 8.09. The summed E-state index contributed by atoms with van der Waals surface area (Å²) >= 11 is 1.80. The Labute approximate surface area is 210 Å². The van der Waals surface area contributed by atoms with Gasteiger partial charge in [-0.3, -0.25) is 6.08 Å². The Bertz CT molecular complexity index is 921. The van der Waals surface area contributed by atoms with Crippen molar-refractivity contribution in [2.24, 2.45) is 0 Å². The third-order valence-electron chi connectivity index (χ3n) is 4.85. The first-order valence-electron chi connectivity index (χ1n) is 10.2. The Kier molecular flexibility index (Phi) is 14.3. The van der Waals surface area contributed by atoms with E-state index in [0.29, 0.717) is 0 Å². The van der Waals surface area contributed by atoms with Gasteiger partial charge in [0.1, 0.15) is 0 Å². The summed E-state index contributed by atoms with van der Waals surface area (Å²) in [6.07, 6.45) is 10.0. The Morgan fingerprint density at radius 3 is 1.60 bits per heavy atom. The minimum absolute atomic E-state index is 0. The van der Waals surface area contributed by atoms with Crippen LogP contribution in [0.15, 0.2) is 60.7 Å². The maximum absolute atomic E-state index is 2.99. The molecule has 0 amide bonds. The van der Waals surface area contributed by atoms with Gasteiger partial charge in [-0.15, -0.1) is 46.2 Å². The third-order valence-corrected chi connectivity index (χ3v) is 15.8. The van der Waals surface area contributed by atoms with Crippen molar-refractivity contribution in [3.8, 4) is 0 Å². The maximum atomic E-state index is 2.99. The molecule has 0 aromatic heterocycles. The SMILES string of the molecule is CC(C)[Si](=[Zr+2])C(C)C.Cc1ccc2c(c1)[cH-]c1cc(C)ccc12.[C-]1=CC=CC1.[Cl-].[Cl-]. The number of allylic oxidation sites excluding steroid dienone is 4. The number of benzene rings is 2. The molecule has 0 saturated heterocycles. The molecule has 0 nitrogen and oxygen atoms in total. The molecule has 0 saturated carbocycles. The van der Waals surface area contributed by atoms with Gasteiger partial charge in [0.15, 0.2) is 0 Å². The van der Waals surface area contributed by atoms with Gasteiger partial charge in [0.05, 0.1) is 0 Å². The molecule has 0 bridgehead atoms. The van der Waals surface area contributed by atoms with Crippen molar-refractivity contribution in [1.29, 1.82) is 0 Å². The summed E-state index contributed by atoms with van der Waals surface area (Å²) in [6.45, 7) is 13.7. The number of fused-ring (bicyclic) bond motifs is 3. The summed E-state index contributed by atoms with van der Waals surface area (Å²) in [5.41, 5.74) is 4.69. The summed E-state index contributed by atoms with van der Waals surface area (Å²) < 4.78 is 0. The molecular weight excluding hydrogens is 503 g/mol. The Morgan fingerprint density at radius 2 is 1.33 bits per heavy atom. The van der Waals surface area contributed by atoms with Gasteiger partial charge in [0.25, 0.3) is 0 Å². The molecule has 0 atom stereocenters. The molecule has 30 heavy (non-hydrogen) atoms. The van der Waals surface area contributed by atoms with Crippen LogP contribution in [0.4, 0.5) is 0 Å². The smallest absolute Gasteiger partial charge is 0.0469 e. The van der Waals surface area contributed by atoms with Crippen LogP contribution in [0.2, 0.25) is 11.1 Å². The van der Waals surface area contributed by atoms with Gasteiger partial charge in [-0.05, 0) is 13.8 Å². The molecule has 3 aromatic carbocycles. The van der Waals surface area contributed by atoms with Gasteiger partial charge in [-0.25, -0.2) is 12.2 Å². The minimum atomic E-state index is 0. The zero-order valence-electron chi connectivity index (χ0n) is 18.9. The quantitative estimate of drug-likeness (QED) is 0.349. The molecular formula is C26H32Cl2SiZr-2. The normalized spacial score (nSPS) is 11.5. The van der Waals surface area contributed by atoms with E-state index in [4.69, 9.17) is 0 Å². The number of rotatable bonds is 2. The second kappa shape index (κ2) is 14.5. The van der Waals surface area contributed by atoms with Crippen LogP contribution >= 0.6 is 0 Å². The average Bonchev–Trinajstić information content (AvgIpc) is 3.31.